The van der Waals surface area contributed by atoms with Gasteiger partial charge >= 0.3 is 0 Å². The molecule has 0 spiro atoms. The molecular weight excluding hydrogens is 290 g/mol. The lowest BCUT2D eigenvalue weighted by Gasteiger charge is -2.37. The molecule has 23 heavy (non-hydrogen) atoms. The van der Waals surface area contributed by atoms with E-state index in [1.165, 1.54) is 5.56 Å². The number of hydrogen-bond donors (Lipinski definition) is 2. The number of likely N-dealkylation sites (tertiary alicyclic amines) is 1. The zero-order chi connectivity index (χ0) is 16.1. The molecular formula is C18H27N3O2. The second kappa shape index (κ2) is 7.90. The number of primary amides is 1. The molecule has 1 amide bonds. The molecule has 0 bridgehead atoms. The van der Waals surface area contributed by atoms with E-state index in [0.717, 1.165) is 38.8 Å². The molecule has 5 nitrogen and oxygen atoms in total. The first-order chi connectivity index (χ1) is 11.2. The van der Waals surface area contributed by atoms with Gasteiger partial charge in [-0.2, -0.15) is 0 Å². The van der Waals surface area contributed by atoms with Crippen molar-refractivity contribution in [3.8, 4) is 0 Å². The van der Waals surface area contributed by atoms with Gasteiger partial charge in [0.1, 0.15) is 0 Å². The third kappa shape index (κ3) is 4.31. The molecule has 0 aromatic heterocycles. The third-order valence-electron chi connectivity index (χ3n) is 4.97. The summed E-state index contributed by atoms with van der Waals surface area (Å²) in [6, 6.07) is 10.9. The Balaban J connectivity index is 1.45. The molecule has 2 heterocycles. The molecule has 1 aromatic carbocycles. The van der Waals surface area contributed by atoms with E-state index in [-0.39, 0.29) is 11.9 Å². The lowest BCUT2D eigenvalue weighted by molar-refractivity contribution is -0.125. The fourth-order valence-corrected chi connectivity index (χ4v) is 3.77. The number of rotatable bonds is 6. The second-order valence-corrected chi connectivity index (χ2v) is 6.65. The van der Waals surface area contributed by atoms with Crippen molar-refractivity contribution in [3.05, 3.63) is 35.9 Å². The highest BCUT2D eigenvalue weighted by Crippen LogP contribution is 2.24. The van der Waals surface area contributed by atoms with Gasteiger partial charge in [0, 0.05) is 18.6 Å². The Bertz CT molecular complexity index is 508. The Morgan fingerprint density at radius 2 is 2.13 bits per heavy atom. The lowest BCUT2D eigenvalue weighted by Crippen LogP contribution is -2.52. The minimum absolute atomic E-state index is 0.0838. The van der Waals surface area contributed by atoms with Crippen molar-refractivity contribution in [1.29, 1.82) is 0 Å². The van der Waals surface area contributed by atoms with Crippen molar-refractivity contribution in [1.82, 2.24) is 10.2 Å². The molecule has 2 aliphatic heterocycles. The zero-order valence-corrected chi connectivity index (χ0v) is 13.6. The van der Waals surface area contributed by atoms with E-state index in [1.54, 1.807) is 0 Å². The summed E-state index contributed by atoms with van der Waals surface area (Å²) in [4.78, 5) is 14.0. The number of piperidine rings is 1. The van der Waals surface area contributed by atoms with Crippen LogP contribution >= 0.6 is 0 Å². The summed E-state index contributed by atoms with van der Waals surface area (Å²) in [6.07, 6.45) is 4.20. The molecule has 5 heteroatoms. The first-order valence-corrected chi connectivity index (χ1v) is 8.64. The van der Waals surface area contributed by atoms with Crippen LogP contribution in [0.1, 0.15) is 31.2 Å². The molecule has 0 saturated carbocycles. The highest BCUT2D eigenvalue weighted by Gasteiger charge is 2.36. The van der Waals surface area contributed by atoms with E-state index in [4.69, 9.17) is 10.5 Å². The van der Waals surface area contributed by atoms with Crippen molar-refractivity contribution in [3.63, 3.8) is 0 Å². The van der Waals surface area contributed by atoms with Crippen LogP contribution in [-0.4, -0.2) is 48.6 Å². The fourth-order valence-electron chi connectivity index (χ4n) is 3.77. The van der Waals surface area contributed by atoms with E-state index in [2.05, 4.69) is 22.3 Å². The van der Waals surface area contributed by atoms with Crippen molar-refractivity contribution < 1.29 is 9.53 Å². The number of nitrogens with one attached hydrogen (secondary N) is 1. The zero-order valence-electron chi connectivity index (χ0n) is 13.6. The number of carbonyl (C=O) groups excluding carboxylic acids is 1. The van der Waals surface area contributed by atoms with Gasteiger partial charge in [-0.15, -0.1) is 0 Å². The van der Waals surface area contributed by atoms with Crippen LogP contribution in [0.5, 0.6) is 0 Å². The first-order valence-electron chi connectivity index (χ1n) is 8.64. The Morgan fingerprint density at radius 1 is 1.30 bits per heavy atom. The SMILES string of the molecule is NC(=O)C1CCCCN1C1CNC(COCc2ccccc2)C1. The minimum Gasteiger partial charge on any atom is -0.375 e. The van der Waals surface area contributed by atoms with Gasteiger partial charge in [0.2, 0.25) is 5.91 Å². The van der Waals surface area contributed by atoms with Crippen LogP contribution in [0.2, 0.25) is 0 Å². The average molecular weight is 317 g/mol. The predicted octanol–water partition coefficient (Wildman–Crippen LogP) is 1.27. The first kappa shape index (κ1) is 16.4. The van der Waals surface area contributed by atoms with Crippen LogP contribution in [-0.2, 0) is 16.1 Å². The summed E-state index contributed by atoms with van der Waals surface area (Å²) in [5, 5.41) is 3.53. The average Bonchev–Trinajstić information content (AvgIpc) is 3.04. The van der Waals surface area contributed by atoms with E-state index >= 15 is 0 Å². The molecule has 3 rings (SSSR count). The van der Waals surface area contributed by atoms with E-state index < -0.39 is 0 Å². The van der Waals surface area contributed by atoms with E-state index in [9.17, 15) is 4.79 Å². The summed E-state index contributed by atoms with van der Waals surface area (Å²) in [5.74, 6) is -0.173. The second-order valence-electron chi connectivity index (χ2n) is 6.65. The van der Waals surface area contributed by atoms with Gasteiger partial charge in [-0.3, -0.25) is 9.69 Å². The van der Waals surface area contributed by atoms with E-state index in [1.807, 2.05) is 18.2 Å². The lowest BCUT2D eigenvalue weighted by atomic mass is 9.98. The van der Waals surface area contributed by atoms with Crippen LogP contribution in [0.25, 0.3) is 0 Å². The summed E-state index contributed by atoms with van der Waals surface area (Å²) in [6.45, 7) is 3.26. The number of benzene rings is 1. The molecule has 0 radical (unpaired) electrons. The fraction of sp³-hybridized carbons (Fsp3) is 0.611. The minimum atomic E-state index is -0.173. The third-order valence-corrected chi connectivity index (χ3v) is 4.97. The van der Waals surface area contributed by atoms with Crippen molar-refractivity contribution in [2.45, 2.75) is 50.4 Å². The molecule has 0 aliphatic carbocycles. The highest BCUT2D eigenvalue weighted by molar-refractivity contribution is 5.80. The summed E-state index contributed by atoms with van der Waals surface area (Å²) >= 11 is 0. The van der Waals surface area contributed by atoms with Crippen molar-refractivity contribution in [2.75, 3.05) is 19.7 Å². The maximum atomic E-state index is 11.7. The quantitative estimate of drug-likeness (QED) is 0.829. The van der Waals surface area contributed by atoms with Gasteiger partial charge in [-0.1, -0.05) is 36.8 Å². The van der Waals surface area contributed by atoms with Gasteiger partial charge in [-0.25, -0.2) is 0 Å². The van der Waals surface area contributed by atoms with Gasteiger partial charge < -0.3 is 15.8 Å². The number of carbonyl (C=O) groups is 1. The van der Waals surface area contributed by atoms with Crippen molar-refractivity contribution >= 4 is 5.91 Å². The number of hydrogen-bond acceptors (Lipinski definition) is 4. The maximum absolute atomic E-state index is 11.7. The molecule has 3 N–H and O–H groups in total. The summed E-state index contributed by atoms with van der Waals surface area (Å²) < 4.78 is 5.84. The normalized spacial score (nSPS) is 28.8. The van der Waals surface area contributed by atoms with Gasteiger partial charge in [-0.05, 0) is 31.4 Å². The maximum Gasteiger partial charge on any atom is 0.234 e. The molecule has 126 valence electrons. The van der Waals surface area contributed by atoms with Crippen LogP contribution in [0.3, 0.4) is 0 Å². The van der Waals surface area contributed by atoms with Crippen LogP contribution in [0.15, 0.2) is 30.3 Å². The molecule has 3 atom stereocenters. The van der Waals surface area contributed by atoms with Gasteiger partial charge in [0.25, 0.3) is 0 Å². The predicted molar refractivity (Wildman–Crippen MR) is 89.8 cm³/mol. The monoisotopic (exact) mass is 317 g/mol. The number of nitrogens with two attached hydrogens (primary N) is 1. The smallest absolute Gasteiger partial charge is 0.234 e. The van der Waals surface area contributed by atoms with Crippen LogP contribution in [0.4, 0.5) is 0 Å². The Morgan fingerprint density at radius 3 is 2.91 bits per heavy atom. The largest absolute Gasteiger partial charge is 0.375 e. The molecule has 2 saturated heterocycles. The standard InChI is InChI=1S/C18H27N3O2/c19-18(22)17-8-4-5-9-21(17)16-10-15(20-11-16)13-23-12-14-6-2-1-3-7-14/h1-3,6-7,15-17,20H,4-5,8-13H2,(H2,19,22). The molecule has 2 fully saturated rings. The summed E-state index contributed by atoms with van der Waals surface area (Å²) in [7, 11) is 0. The van der Waals surface area contributed by atoms with E-state index in [0.29, 0.717) is 25.3 Å². The number of amides is 1. The molecule has 2 aliphatic rings. The number of nitrogens with zero attached hydrogens (tertiary/aromatic N) is 1. The summed E-state index contributed by atoms with van der Waals surface area (Å²) in [5.41, 5.74) is 6.78. The van der Waals surface area contributed by atoms with Gasteiger partial charge in [0.05, 0.1) is 19.3 Å². The highest BCUT2D eigenvalue weighted by atomic mass is 16.5. The number of ether oxygens (including phenoxy) is 1. The Kier molecular flexibility index (Phi) is 5.65. The Labute approximate surface area is 138 Å². The van der Waals surface area contributed by atoms with Crippen molar-refractivity contribution in [2.24, 2.45) is 5.73 Å². The van der Waals surface area contributed by atoms with Gasteiger partial charge in [0.15, 0.2) is 0 Å². The topological polar surface area (TPSA) is 67.6 Å². The van der Waals surface area contributed by atoms with Crippen LogP contribution in [0, 0.1) is 0 Å². The molecule has 3 unspecified atom stereocenters. The molecule has 1 aromatic rings. The Hall–Kier alpha value is -1.43. The van der Waals surface area contributed by atoms with Crippen LogP contribution < -0.4 is 11.1 Å².